The molecular weight excluding hydrogens is 242 g/mol. The van der Waals surface area contributed by atoms with Crippen molar-refractivity contribution in [2.45, 2.75) is 6.92 Å². The molecular formula is C13H11N5O. The molecule has 2 aromatic rings. The maximum absolute atomic E-state index is 9.10. The molecule has 1 aromatic carbocycles. The average Bonchev–Trinajstić information content (AvgIpc) is 2.81. The Balaban J connectivity index is 2.57. The Morgan fingerprint density at radius 3 is 2.74 bits per heavy atom. The number of nitrogens with two attached hydrogens (primary N) is 1. The van der Waals surface area contributed by atoms with E-state index in [-0.39, 0.29) is 11.4 Å². The molecule has 0 bridgehead atoms. The predicted octanol–water partition coefficient (Wildman–Crippen LogP) is 1.60. The standard InChI is InChI=1S/C13H11N5O/c1-2-19-11-4-9(16)3-10(5-11)18-8-17-12(6-14)13(18)7-15/h3-5,8H,2,16H2,1H3. The van der Waals surface area contributed by atoms with Crippen LogP contribution in [0.25, 0.3) is 5.69 Å². The first-order chi connectivity index (χ1) is 9.19. The van der Waals surface area contributed by atoms with E-state index in [1.54, 1.807) is 18.2 Å². The van der Waals surface area contributed by atoms with E-state index in [9.17, 15) is 0 Å². The van der Waals surface area contributed by atoms with Crippen LogP contribution in [0.15, 0.2) is 24.5 Å². The van der Waals surface area contributed by atoms with Crippen LogP contribution in [-0.4, -0.2) is 16.2 Å². The van der Waals surface area contributed by atoms with Crippen molar-refractivity contribution in [1.82, 2.24) is 9.55 Å². The Bertz CT molecular complexity index is 690. The molecule has 0 saturated heterocycles. The van der Waals surface area contributed by atoms with Crippen molar-refractivity contribution < 1.29 is 4.74 Å². The highest BCUT2D eigenvalue weighted by atomic mass is 16.5. The molecule has 19 heavy (non-hydrogen) atoms. The van der Waals surface area contributed by atoms with E-state index in [1.807, 2.05) is 19.1 Å². The van der Waals surface area contributed by atoms with Gasteiger partial charge in [0.2, 0.25) is 0 Å². The van der Waals surface area contributed by atoms with Crippen LogP contribution < -0.4 is 10.5 Å². The summed E-state index contributed by atoms with van der Waals surface area (Å²) in [5.74, 6) is 0.605. The summed E-state index contributed by atoms with van der Waals surface area (Å²) in [6, 6.07) is 8.96. The number of aromatic nitrogens is 2. The van der Waals surface area contributed by atoms with E-state index in [0.717, 1.165) is 0 Å². The average molecular weight is 253 g/mol. The zero-order valence-electron chi connectivity index (χ0n) is 10.3. The number of ether oxygens (including phenoxy) is 1. The number of nitrogen functional groups attached to an aromatic ring is 1. The second kappa shape index (κ2) is 5.11. The SMILES string of the molecule is CCOc1cc(N)cc(-n2cnc(C#N)c2C#N)c1. The van der Waals surface area contributed by atoms with Crippen molar-refractivity contribution in [1.29, 1.82) is 10.5 Å². The number of rotatable bonds is 3. The maximum Gasteiger partial charge on any atom is 0.177 e. The summed E-state index contributed by atoms with van der Waals surface area (Å²) in [5, 5.41) is 18.0. The fourth-order valence-electron chi connectivity index (χ4n) is 1.73. The lowest BCUT2D eigenvalue weighted by Crippen LogP contribution is -2.00. The molecule has 0 atom stereocenters. The minimum atomic E-state index is 0.0860. The number of hydrogen-bond acceptors (Lipinski definition) is 5. The molecule has 0 spiro atoms. The lowest BCUT2D eigenvalue weighted by molar-refractivity contribution is 0.340. The van der Waals surface area contributed by atoms with Gasteiger partial charge in [0.1, 0.15) is 24.2 Å². The molecule has 6 nitrogen and oxygen atoms in total. The summed E-state index contributed by atoms with van der Waals surface area (Å²) < 4.78 is 6.91. The summed E-state index contributed by atoms with van der Waals surface area (Å²) in [5.41, 5.74) is 7.20. The monoisotopic (exact) mass is 253 g/mol. The van der Waals surface area contributed by atoms with Crippen LogP contribution >= 0.6 is 0 Å². The lowest BCUT2D eigenvalue weighted by Gasteiger charge is -2.09. The first-order valence-corrected chi connectivity index (χ1v) is 5.61. The number of nitriles is 2. The van der Waals surface area contributed by atoms with E-state index >= 15 is 0 Å². The fourth-order valence-corrected chi connectivity index (χ4v) is 1.73. The van der Waals surface area contributed by atoms with Crippen molar-refractivity contribution in [2.75, 3.05) is 12.3 Å². The van der Waals surface area contributed by atoms with Gasteiger partial charge in [0.05, 0.1) is 12.3 Å². The Labute approximate surface area is 110 Å². The Morgan fingerprint density at radius 1 is 1.32 bits per heavy atom. The van der Waals surface area contributed by atoms with Crippen molar-refractivity contribution >= 4 is 5.69 Å². The van der Waals surface area contributed by atoms with Gasteiger partial charge in [0.15, 0.2) is 11.4 Å². The van der Waals surface area contributed by atoms with Gasteiger partial charge in [-0.25, -0.2) is 4.98 Å². The molecule has 0 saturated carbocycles. The molecule has 2 N–H and O–H groups in total. The van der Waals surface area contributed by atoms with Gasteiger partial charge in [0, 0.05) is 17.8 Å². The highest BCUT2D eigenvalue weighted by molar-refractivity contribution is 5.55. The second-order valence-corrected chi connectivity index (χ2v) is 3.73. The molecule has 0 radical (unpaired) electrons. The third-order valence-corrected chi connectivity index (χ3v) is 2.48. The third kappa shape index (κ3) is 2.33. The molecule has 1 aromatic heterocycles. The first kappa shape index (κ1) is 12.5. The molecule has 0 fully saturated rings. The number of benzene rings is 1. The Kier molecular flexibility index (Phi) is 3.35. The normalized spacial score (nSPS) is 9.63. The summed E-state index contributed by atoms with van der Waals surface area (Å²) >= 11 is 0. The van der Waals surface area contributed by atoms with Gasteiger partial charge < -0.3 is 10.5 Å². The van der Waals surface area contributed by atoms with E-state index in [0.29, 0.717) is 23.7 Å². The first-order valence-electron chi connectivity index (χ1n) is 5.61. The summed E-state index contributed by atoms with van der Waals surface area (Å²) in [6.07, 6.45) is 1.42. The Hall–Kier alpha value is -2.99. The van der Waals surface area contributed by atoms with Crippen molar-refractivity contribution in [3.05, 3.63) is 35.9 Å². The number of nitrogens with zero attached hydrogens (tertiary/aromatic N) is 4. The van der Waals surface area contributed by atoms with E-state index in [2.05, 4.69) is 4.98 Å². The highest BCUT2D eigenvalue weighted by Crippen LogP contribution is 2.23. The summed E-state index contributed by atoms with van der Waals surface area (Å²) in [4.78, 5) is 3.88. The molecule has 6 heteroatoms. The zero-order valence-corrected chi connectivity index (χ0v) is 10.3. The van der Waals surface area contributed by atoms with Gasteiger partial charge in [-0.3, -0.25) is 4.57 Å². The quantitative estimate of drug-likeness (QED) is 0.837. The second-order valence-electron chi connectivity index (χ2n) is 3.73. The van der Waals surface area contributed by atoms with Gasteiger partial charge in [-0.05, 0) is 13.0 Å². The van der Waals surface area contributed by atoms with Crippen LogP contribution in [0.1, 0.15) is 18.3 Å². The van der Waals surface area contributed by atoms with E-state index in [4.69, 9.17) is 21.0 Å². The largest absolute Gasteiger partial charge is 0.494 e. The number of anilines is 1. The van der Waals surface area contributed by atoms with Crippen LogP contribution in [0.4, 0.5) is 5.69 Å². The molecule has 0 unspecified atom stereocenters. The highest BCUT2D eigenvalue weighted by Gasteiger charge is 2.12. The van der Waals surface area contributed by atoms with Gasteiger partial charge in [-0.2, -0.15) is 10.5 Å². The minimum absolute atomic E-state index is 0.0860. The number of hydrogen-bond donors (Lipinski definition) is 1. The smallest absolute Gasteiger partial charge is 0.177 e. The summed E-state index contributed by atoms with van der Waals surface area (Å²) in [7, 11) is 0. The van der Waals surface area contributed by atoms with Gasteiger partial charge >= 0.3 is 0 Å². The van der Waals surface area contributed by atoms with Crippen LogP contribution in [0.2, 0.25) is 0 Å². The molecule has 0 aliphatic carbocycles. The van der Waals surface area contributed by atoms with Gasteiger partial charge in [0.25, 0.3) is 0 Å². The van der Waals surface area contributed by atoms with E-state index in [1.165, 1.54) is 10.9 Å². The molecule has 94 valence electrons. The van der Waals surface area contributed by atoms with E-state index < -0.39 is 0 Å². The molecule has 0 aliphatic heterocycles. The topological polar surface area (TPSA) is 101 Å². The van der Waals surface area contributed by atoms with Crippen molar-refractivity contribution in [2.24, 2.45) is 0 Å². The number of imidazole rings is 1. The summed E-state index contributed by atoms with van der Waals surface area (Å²) in [6.45, 7) is 2.38. The lowest BCUT2D eigenvalue weighted by atomic mass is 10.2. The Morgan fingerprint density at radius 2 is 2.11 bits per heavy atom. The molecule has 0 amide bonds. The van der Waals surface area contributed by atoms with Crippen LogP contribution in [0.5, 0.6) is 5.75 Å². The minimum Gasteiger partial charge on any atom is -0.494 e. The van der Waals surface area contributed by atoms with Gasteiger partial charge in [-0.15, -0.1) is 0 Å². The van der Waals surface area contributed by atoms with Crippen LogP contribution in [-0.2, 0) is 0 Å². The zero-order chi connectivity index (χ0) is 13.8. The molecule has 2 rings (SSSR count). The van der Waals surface area contributed by atoms with Crippen LogP contribution in [0, 0.1) is 22.7 Å². The maximum atomic E-state index is 9.10. The molecule has 1 heterocycles. The fraction of sp³-hybridized carbons (Fsp3) is 0.154. The van der Waals surface area contributed by atoms with Crippen molar-refractivity contribution in [3.8, 4) is 23.6 Å². The van der Waals surface area contributed by atoms with Crippen molar-refractivity contribution in [3.63, 3.8) is 0 Å². The molecule has 0 aliphatic rings. The third-order valence-electron chi connectivity index (χ3n) is 2.48. The predicted molar refractivity (Wildman–Crippen MR) is 68.6 cm³/mol. The van der Waals surface area contributed by atoms with Gasteiger partial charge in [-0.1, -0.05) is 0 Å². The van der Waals surface area contributed by atoms with Crippen LogP contribution in [0.3, 0.4) is 0 Å².